The minimum Gasteiger partial charge on any atom is -0.237 e. The Balaban J connectivity index is 2.90. The first-order chi connectivity index (χ1) is 5.74. The van der Waals surface area contributed by atoms with E-state index in [1.54, 1.807) is 6.07 Å². The second kappa shape index (κ2) is 3.82. The van der Waals surface area contributed by atoms with E-state index in [0.717, 1.165) is 11.5 Å². The second-order valence-corrected chi connectivity index (χ2v) is 2.84. The van der Waals surface area contributed by atoms with Crippen molar-refractivity contribution in [2.24, 2.45) is 0 Å². The molecular formula is C9H10N3. The molecule has 0 saturated carbocycles. The highest BCUT2D eigenvalue weighted by molar-refractivity contribution is 5.07. The van der Waals surface area contributed by atoms with Crippen LogP contribution in [-0.4, -0.2) is 9.97 Å². The predicted molar refractivity (Wildman–Crippen MR) is 44.3 cm³/mol. The molecule has 1 heterocycles. The van der Waals surface area contributed by atoms with Crippen LogP contribution < -0.4 is 0 Å². The quantitative estimate of drug-likeness (QED) is 0.658. The number of aromatic nitrogens is 2. The van der Waals surface area contributed by atoms with Gasteiger partial charge in [-0.15, -0.1) is 0 Å². The van der Waals surface area contributed by atoms with E-state index < -0.39 is 0 Å². The first-order valence-electron chi connectivity index (χ1n) is 3.85. The van der Waals surface area contributed by atoms with Crippen molar-refractivity contribution in [1.29, 1.82) is 5.26 Å². The molecule has 0 spiro atoms. The summed E-state index contributed by atoms with van der Waals surface area (Å²) in [4.78, 5) is 8.17. The van der Waals surface area contributed by atoms with E-state index in [9.17, 15) is 0 Å². The van der Waals surface area contributed by atoms with E-state index >= 15 is 0 Å². The zero-order valence-electron chi connectivity index (χ0n) is 7.20. The Bertz CT molecular complexity index is 299. The SMILES string of the molecule is CC(C)c1n[c]cc(CC#N)n1. The van der Waals surface area contributed by atoms with Gasteiger partial charge in [0.2, 0.25) is 0 Å². The Morgan fingerprint density at radius 2 is 2.42 bits per heavy atom. The van der Waals surface area contributed by atoms with Gasteiger partial charge in [-0.05, 0) is 6.07 Å². The van der Waals surface area contributed by atoms with Gasteiger partial charge in [0.15, 0.2) is 0 Å². The molecule has 0 bridgehead atoms. The minimum atomic E-state index is 0.292. The molecular weight excluding hydrogens is 150 g/mol. The number of nitriles is 1. The molecule has 0 amide bonds. The maximum Gasteiger partial charge on any atom is 0.131 e. The first-order valence-corrected chi connectivity index (χ1v) is 3.85. The molecule has 0 aromatic carbocycles. The molecule has 0 aliphatic heterocycles. The lowest BCUT2D eigenvalue weighted by Crippen LogP contribution is -2.00. The van der Waals surface area contributed by atoms with Crippen LogP contribution in [0, 0.1) is 17.5 Å². The smallest absolute Gasteiger partial charge is 0.131 e. The summed E-state index contributed by atoms with van der Waals surface area (Å²) in [5.74, 6) is 1.04. The molecule has 0 aliphatic carbocycles. The van der Waals surface area contributed by atoms with Gasteiger partial charge in [0, 0.05) is 5.92 Å². The minimum absolute atomic E-state index is 0.292. The monoisotopic (exact) mass is 160 g/mol. The summed E-state index contributed by atoms with van der Waals surface area (Å²) < 4.78 is 0. The van der Waals surface area contributed by atoms with E-state index in [2.05, 4.69) is 16.2 Å². The van der Waals surface area contributed by atoms with Gasteiger partial charge in [0.25, 0.3) is 0 Å². The Labute approximate surface area is 72.1 Å². The second-order valence-electron chi connectivity index (χ2n) is 2.84. The highest BCUT2D eigenvalue weighted by Gasteiger charge is 2.02. The van der Waals surface area contributed by atoms with Gasteiger partial charge >= 0.3 is 0 Å². The molecule has 0 aliphatic rings. The predicted octanol–water partition coefficient (Wildman–Crippen LogP) is 1.47. The van der Waals surface area contributed by atoms with Crippen molar-refractivity contribution in [2.75, 3.05) is 0 Å². The summed E-state index contributed by atoms with van der Waals surface area (Å²) in [5, 5.41) is 8.42. The van der Waals surface area contributed by atoms with Crippen molar-refractivity contribution >= 4 is 0 Å². The first kappa shape index (κ1) is 8.66. The third-order valence-electron chi connectivity index (χ3n) is 1.44. The van der Waals surface area contributed by atoms with E-state index in [-0.39, 0.29) is 0 Å². The van der Waals surface area contributed by atoms with E-state index in [0.29, 0.717) is 12.3 Å². The number of hydrogen-bond acceptors (Lipinski definition) is 3. The van der Waals surface area contributed by atoms with Crippen molar-refractivity contribution in [3.8, 4) is 6.07 Å². The molecule has 61 valence electrons. The van der Waals surface area contributed by atoms with Gasteiger partial charge in [0.1, 0.15) is 5.82 Å². The lowest BCUT2D eigenvalue weighted by atomic mass is 10.2. The van der Waals surface area contributed by atoms with Crippen molar-refractivity contribution in [2.45, 2.75) is 26.2 Å². The lowest BCUT2D eigenvalue weighted by molar-refractivity contribution is 0.761. The molecule has 1 aromatic rings. The molecule has 1 aromatic heterocycles. The molecule has 0 saturated heterocycles. The van der Waals surface area contributed by atoms with Crippen LogP contribution in [0.1, 0.15) is 31.3 Å². The molecule has 0 atom stereocenters. The average Bonchev–Trinajstić information content (AvgIpc) is 2.05. The fourth-order valence-corrected chi connectivity index (χ4v) is 0.807. The fraction of sp³-hybridized carbons (Fsp3) is 0.444. The van der Waals surface area contributed by atoms with Crippen LogP contribution in [0.15, 0.2) is 6.07 Å². The standard InChI is InChI=1S/C9H10N3/c1-7(2)9-11-6-4-8(12-9)3-5-10/h4,7H,3H2,1-2H3. The van der Waals surface area contributed by atoms with Crippen LogP contribution >= 0.6 is 0 Å². The highest BCUT2D eigenvalue weighted by Crippen LogP contribution is 2.07. The van der Waals surface area contributed by atoms with Crippen LogP contribution in [0.4, 0.5) is 0 Å². The van der Waals surface area contributed by atoms with E-state index in [4.69, 9.17) is 5.26 Å². The zero-order chi connectivity index (χ0) is 8.97. The molecule has 3 nitrogen and oxygen atoms in total. The van der Waals surface area contributed by atoms with Crippen LogP contribution in [-0.2, 0) is 6.42 Å². The number of rotatable bonds is 2. The molecule has 0 N–H and O–H groups in total. The third kappa shape index (κ3) is 2.03. The van der Waals surface area contributed by atoms with Gasteiger partial charge < -0.3 is 0 Å². The van der Waals surface area contributed by atoms with E-state index in [1.807, 2.05) is 19.9 Å². The Morgan fingerprint density at radius 3 is 3.00 bits per heavy atom. The summed E-state index contributed by atoms with van der Waals surface area (Å²) in [6.45, 7) is 4.03. The number of nitrogens with zero attached hydrogens (tertiary/aromatic N) is 3. The van der Waals surface area contributed by atoms with Gasteiger partial charge in [-0.3, -0.25) is 0 Å². The summed E-state index contributed by atoms with van der Waals surface area (Å²) in [6, 6.07) is 3.69. The molecule has 3 heteroatoms. The zero-order valence-corrected chi connectivity index (χ0v) is 7.20. The maximum atomic E-state index is 8.42. The summed E-state index contributed by atoms with van der Waals surface area (Å²) in [6.07, 6.45) is 3.06. The largest absolute Gasteiger partial charge is 0.237 e. The van der Waals surface area contributed by atoms with Gasteiger partial charge in [-0.2, -0.15) is 5.26 Å². The van der Waals surface area contributed by atoms with Crippen LogP contribution in [0.3, 0.4) is 0 Å². The topological polar surface area (TPSA) is 49.6 Å². The number of hydrogen-bond donors (Lipinski definition) is 0. The Hall–Kier alpha value is -1.43. The van der Waals surface area contributed by atoms with E-state index in [1.165, 1.54) is 0 Å². The highest BCUT2D eigenvalue weighted by atomic mass is 14.9. The lowest BCUT2D eigenvalue weighted by Gasteiger charge is -2.02. The summed E-state index contributed by atoms with van der Waals surface area (Å²) in [5.41, 5.74) is 0.746. The summed E-state index contributed by atoms with van der Waals surface area (Å²) in [7, 11) is 0. The molecule has 0 unspecified atom stereocenters. The fourth-order valence-electron chi connectivity index (χ4n) is 0.807. The Morgan fingerprint density at radius 1 is 1.67 bits per heavy atom. The maximum absolute atomic E-state index is 8.42. The molecule has 1 radical (unpaired) electrons. The molecule has 12 heavy (non-hydrogen) atoms. The van der Waals surface area contributed by atoms with Gasteiger partial charge in [-0.1, -0.05) is 13.8 Å². The van der Waals surface area contributed by atoms with Gasteiger partial charge in [-0.25, -0.2) is 9.97 Å². The molecule has 0 fully saturated rings. The average molecular weight is 160 g/mol. The van der Waals surface area contributed by atoms with Crippen LogP contribution in [0.25, 0.3) is 0 Å². The van der Waals surface area contributed by atoms with Crippen molar-refractivity contribution in [3.63, 3.8) is 0 Å². The summed E-state index contributed by atoms with van der Waals surface area (Å²) >= 11 is 0. The third-order valence-corrected chi connectivity index (χ3v) is 1.44. The van der Waals surface area contributed by atoms with Crippen LogP contribution in [0.5, 0.6) is 0 Å². The van der Waals surface area contributed by atoms with Crippen LogP contribution in [0.2, 0.25) is 0 Å². The van der Waals surface area contributed by atoms with Gasteiger partial charge in [0.05, 0.1) is 24.4 Å². The van der Waals surface area contributed by atoms with Crippen molar-refractivity contribution in [1.82, 2.24) is 9.97 Å². The Kier molecular flexibility index (Phi) is 2.76. The van der Waals surface area contributed by atoms with Crippen molar-refractivity contribution in [3.05, 3.63) is 23.8 Å². The molecule has 1 rings (SSSR count). The van der Waals surface area contributed by atoms with Crippen molar-refractivity contribution < 1.29 is 0 Å². The normalized spacial score (nSPS) is 9.83.